The molecular formula is C17H19N3O7S2. The lowest BCUT2D eigenvalue weighted by Crippen LogP contribution is -2.18. The number of rotatable bonds is 8. The predicted octanol–water partition coefficient (Wildman–Crippen LogP) is 2.06. The highest BCUT2D eigenvalue weighted by Crippen LogP contribution is 2.23. The molecule has 0 fully saturated rings. The van der Waals surface area contributed by atoms with Gasteiger partial charge in [-0.3, -0.25) is 0 Å². The van der Waals surface area contributed by atoms with Crippen molar-refractivity contribution >= 4 is 26.3 Å². The van der Waals surface area contributed by atoms with E-state index in [0.29, 0.717) is 0 Å². The molecule has 0 saturated carbocycles. The summed E-state index contributed by atoms with van der Waals surface area (Å²) in [4.78, 5) is 12.2. The number of hydrogen-bond acceptors (Lipinski definition) is 8. The Bertz CT molecular complexity index is 1140. The van der Waals surface area contributed by atoms with Gasteiger partial charge in [0.2, 0.25) is 0 Å². The van der Waals surface area contributed by atoms with E-state index in [-0.39, 0.29) is 22.3 Å². The molecule has 0 amide bonds. The minimum absolute atomic E-state index is 0.0106. The zero-order valence-corrected chi connectivity index (χ0v) is 17.4. The molecule has 10 nitrogen and oxygen atoms in total. The van der Waals surface area contributed by atoms with Crippen LogP contribution in [0.5, 0.6) is 5.75 Å². The van der Waals surface area contributed by atoms with E-state index < -0.39 is 29.3 Å². The van der Waals surface area contributed by atoms with Gasteiger partial charge in [0, 0.05) is 5.56 Å². The minimum Gasteiger partial charge on any atom is -0.490 e. The third kappa shape index (κ3) is 5.51. The van der Waals surface area contributed by atoms with Crippen LogP contribution in [0.3, 0.4) is 0 Å². The Hall–Kier alpha value is -2.99. The van der Waals surface area contributed by atoms with Gasteiger partial charge in [0.15, 0.2) is 4.33 Å². The molecule has 0 aromatic heterocycles. The lowest BCUT2D eigenvalue weighted by Gasteiger charge is -2.12. The largest absolute Gasteiger partial charge is 0.490 e. The zero-order chi connectivity index (χ0) is 21.8. The first-order valence-electron chi connectivity index (χ1n) is 8.25. The molecule has 1 N–H and O–H groups in total. The van der Waals surface area contributed by atoms with Crippen LogP contribution < -0.4 is 9.57 Å². The van der Waals surface area contributed by atoms with Crippen molar-refractivity contribution in [2.45, 2.75) is 36.7 Å². The third-order valence-electron chi connectivity index (χ3n) is 3.55. The van der Waals surface area contributed by atoms with Gasteiger partial charge in [-0.2, -0.15) is 21.9 Å². The van der Waals surface area contributed by atoms with E-state index in [1.165, 1.54) is 18.2 Å². The first-order chi connectivity index (χ1) is 13.4. The number of aryl methyl sites for hydroxylation is 1. The highest BCUT2D eigenvalue weighted by atomic mass is 32.2. The number of ether oxygens (including phenoxy) is 1. The van der Waals surface area contributed by atoms with Gasteiger partial charge in [0.05, 0.1) is 17.2 Å². The Morgan fingerprint density at radius 1 is 1.07 bits per heavy atom. The van der Waals surface area contributed by atoms with Gasteiger partial charge in [-0.15, -0.1) is 0 Å². The summed E-state index contributed by atoms with van der Waals surface area (Å²) in [5.41, 5.74) is 0.931. The standard InChI is InChI=1S/C17H19N3O7S2/c1-12(2)27-17-9-8-16(29(25,26)20(21)22)10-14(17)11-18-19-28(23,24)15-6-4-13(3)5-7-15/h4-12,19H,1-3H3/b18-11+. The van der Waals surface area contributed by atoms with Gasteiger partial charge in [-0.25, -0.2) is 14.9 Å². The van der Waals surface area contributed by atoms with Gasteiger partial charge in [0.1, 0.15) is 10.6 Å². The van der Waals surface area contributed by atoms with Crippen LogP contribution in [0, 0.1) is 17.0 Å². The highest BCUT2D eigenvalue weighted by Gasteiger charge is 2.28. The van der Waals surface area contributed by atoms with Crippen LogP contribution in [0.15, 0.2) is 57.4 Å². The monoisotopic (exact) mass is 441 g/mol. The maximum Gasteiger partial charge on any atom is 0.448 e. The summed E-state index contributed by atoms with van der Waals surface area (Å²) < 4.78 is 52.2. The van der Waals surface area contributed by atoms with E-state index in [1.807, 2.05) is 11.8 Å². The van der Waals surface area contributed by atoms with E-state index in [2.05, 4.69) is 5.10 Å². The molecule has 12 heteroatoms. The predicted molar refractivity (Wildman–Crippen MR) is 105 cm³/mol. The normalized spacial score (nSPS) is 12.3. The smallest absolute Gasteiger partial charge is 0.448 e. The van der Waals surface area contributed by atoms with Gasteiger partial charge < -0.3 is 4.74 Å². The molecule has 0 aliphatic heterocycles. The molecular weight excluding hydrogens is 422 g/mol. The first-order valence-corrected chi connectivity index (χ1v) is 11.2. The number of hydrogen-bond donors (Lipinski definition) is 1. The maximum absolute atomic E-state index is 12.3. The number of nitrogens with one attached hydrogen (secondary N) is 1. The second-order valence-corrected chi connectivity index (χ2v) is 9.61. The number of sulfonamides is 2. The summed E-state index contributed by atoms with van der Waals surface area (Å²) in [6.07, 6.45) is 0.729. The molecule has 2 aromatic carbocycles. The van der Waals surface area contributed by atoms with Crippen LogP contribution >= 0.6 is 0 Å². The lowest BCUT2D eigenvalue weighted by molar-refractivity contribution is -0.305. The fourth-order valence-electron chi connectivity index (χ4n) is 2.17. The Morgan fingerprint density at radius 3 is 2.21 bits per heavy atom. The summed E-state index contributed by atoms with van der Waals surface area (Å²) >= 11 is 0. The molecule has 0 heterocycles. The molecule has 0 atom stereocenters. The van der Waals surface area contributed by atoms with Crippen molar-refractivity contribution in [3.05, 3.63) is 63.7 Å². The van der Waals surface area contributed by atoms with Crippen LogP contribution in [0.4, 0.5) is 0 Å². The summed E-state index contributed by atoms with van der Waals surface area (Å²) in [5.74, 6) is 0.181. The Labute approximate surface area is 168 Å². The van der Waals surface area contributed by atoms with Crippen molar-refractivity contribution in [2.75, 3.05) is 0 Å². The topological polar surface area (TPSA) is 145 Å². The van der Waals surface area contributed by atoms with Crippen molar-refractivity contribution in [3.63, 3.8) is 0 Å². The van der Waals surface area contributed by atoms with Crippen molar-refractivity contribution in [1.82, 2.24) is 4.83 Å². The van der Waals surface area contributed by atoms with E-state index in [4.69, 9.17) is 4.74 Å². The van der Waals surface area contributed by atoms with E-state index in [9.17, 15) is 26.9 Å². The Kier molecular flexibility index (Phi) is 6.59. The van der Waals surface area contributed by atoms with Gasteiger partial charge >= 0.3 is 10.0 Å². The summed E-state index contributed by atoms with van der Waals surface area (Å²) in [6.45, 7) is 5.26. The molecule has 2 aromatic rings. The molecule has 0 saturated heterocycles. The average Bonchev–Trinajstić information content (AvgIpc) is 2.62. The van der Waals surface area contributed by atoms with Crippen LogP contribution in [0.1, 0.15) is 25.0 Å². The lowest BCUT2D eigenvalue weighted by atomic mass is 10.2. The fourth-order valence-corrected chi connectivity index (χ4v) is 3.65. The molecule has 156 valence electrons. The van der Waals surface area contributed by atoms with Crippen LogP contribution in [-0.4, -0.2) is 33.5 Å². The summed E-state index contributed by atoms with van der Waals surface area (Å²) in [6, 6.07) is 9.32. The van der Waals surface area contributed by atoms with Crippen molar-refractivity contribution in [3.8, 4) is 5.75 Å². The second-order valence-electron chi connectivity index (χ2n) is 6.23. The molecule has 0 unspecified atom stereocenters. The van der Waals surface area contributed by atoms with E-state index in [0.717, 1.165) is 23.9 Å². The Morgan fingerprint density at radius 2 is 1.66 bits per heavy atom. The molecule has 0 spiro atoms. The Balaban J connectivity index is 2.38. The van der Waals surface area contributed by atoms with Crippen LogP contribution in [0.2, 0.25) is 0 Å². The summed E-state index contributed by atoms with van der Waals surface area (Å²) in [5, 5.41) is 14.4. The van der Waals surface area contributed by atoms with Gasteiger partial charge in [0.25, 0.3) is 10.0 Å². The molecule has 0 radical (unpaired) electrons. The molecule has 29 heavy (non-hydrogen) atoms. The minimum atomic E-state index is -4.78. The van der Waals surface area contributed by atoms with Crippen LogP contribution in [-0.2, 0) is 20.0 Å². The second kappa shape index (κ2) is 8.57. The third-order valence-corrected chi connectivity index (χ3v) is 6.03. The van der Waals surface area contributed by atoms with Crippen molar-refractivity contribution in [2.24, 2.45) is 5.10 Å². The number of benzene rings is 2. The quantitative estimate of drug-likeness (QED) is 0.375. The molecule has 0 aliphatic rings. The first kappa shape index (κ1) is 22.3. The average molecular weight is 441 g/mol. The van der Waals surface area contributed by atoms with Gasteiger partial charge in [-0.05, 0) is 51.1 Å². The SMILES string of the molecule is Cc1ccc(S(=O)(=O)N/N=C/c2cc(S(=O)(=O)[N+](=O)[O-])ccc2OC(C)C)cc1. The maximum atomic E-state index is 12.3. The number of nitrogens with zero attached hydrogens (tertiary/aromatic N) is 2. The van der Waals surface area contributed by atoms with Gasteiger partial charge in [-0.1, -0.05) is 17.7 Å². The molecule has 0 aliphatic carbocycles. The highest BCUT2D eigenvalue weighted by molar-refractivity contribution is 7.89. The van der Waals surface area contributed by atoms with E-state index >= 15 is 0 Å². The number of nitro groups is 1. The number of hydrazone groups is 1. The fraction of sp³-hybridized carbons (Fsp3) is 0.235. The van der Waals surface area contributed by atoms with Crippen LogP contribution in [0.25, 0.3) is 0 Å². The van der Waals surface area contributed by atoms with Crippen molar-refractivity contribution < 1.29 is 25.9 Å². The van der Waals surface area contributed by atoms with E-state index in [1.54, 1.807) is 26.0 Å². The molecule has 2 rings (SSSR count). The zero-order valence-electron chi connectivity index (χ0n) is 15.8. The van der Waals surface area contributed by atoms with Crippen molar-refractivity contribution in [1.29, 1.82) is 0 Å². The molecule has 0 bridgehead atoms. The summed E-state index contributed by atoms with van der Waals surface area (Å²) in [7, 11) is -8.73.